The van der Waals surface area contributed by atoms with Crippen LogP contribution in [-0.4, -0.2) is 22.3 Å². The highest BCUT2D eigenvalue weighted by molar-refractivity contribution is 6.62. The molecule has 0 aromatic heterocycles. The summed E-state index contributed by atoms with van der Waals surface area (Å²) in [4.78, 5) is 13.0. The van der Waals surface area contributed by atoms with Gasteiger partial charge in [0.2, 0.25) is 0 Å². The fourth-order valence-electron chi connectivity index (χ4n) is 2.30. The van der Waals surface area contributed by atoms with E-state index in [1.54, 1.807) is 4.90 Å². The second kappa shape index (κ2) is 4.32. The maximum atomic E-state index is 11.2. The maximum Gasteiger partial charge on any atom is 0.316 e. The molecule has 2 nitrogen and oxygen atoms in total. The Morgan fingerprint density at radius 3 is 2.31 bits per heavy atom. The van der Waals surface area contributed by atoms with Crippen LogP contribution in [0.5, 0.6) is 0 Å². The summed E-state index contributed by atoms with van der Waals surface area (Å²) in [5, 5.41) is -0.299. The van der Waals surface area contributed by atoms with E-state index in [2.05, 4.69) is 6.92 Å². The molecule has 0 heterocycles. The van der Waals surface area contributed by atoms with Crippen molar-refractivity contribution in [2.24, 2.45) is 0 Å². The Hall–Kier alpha value is -0.240. The van der Waals surface area contributed by atoms with E-state index in [-0.39, 0.29) is 10.9 Å². The quantitative estimate of drug-likeness (QED) is 0.498. The molecule has 0 unspecified atom stereocenters. The summed E-state index contributed by atoms with van der Waals surface area (Å²) in [6, 6.07) is 0. The predicted molar refractivity (Wildman–Crippen MR) is 55.1 cm³/mol. The highest BCUT2D eigenvalue weighted by atomic mass is 35.5. The summed E-state index contributed by atoms with van der Waals surface area (Å²) >= 11 is 5.55. The van der Waals surface area contributed by atoms with Crippen LogP contribution in [0.3, 0.4) is 0 Å². The lowest BCUT2D eigenvalue weighted by Crippen LogP contribution is -2.48. The lowest BCUT2D eigenvalue weighted by molar-refractivity contribution is 0.110. The average Bonchev–Trinajstić information content (AvgIpc) is 2.05. The van der Waals surface area contributed by atoms with Crippen molar-refractivity contribution < 1.29 is 4.79 Å². The van der Waals surface area contributed by atoms with Crippen LogP contribution in [0.2, 0.25) is 0 Å². The average molecular weight is 204 g/mol. The van der Waals surface area contributed by atoms with Crippen molar-refractivity contribution in [2.45, 2.75) is 51.5 Å². The summed E-state index contributed by atoms with van der Waals surface area (Å²) in [6.45, 7) is 4.86. The molecule has 13 heavy (non-hydrogen) atoms. The summed E-state index contributed by atoms with van der Waals surface area (Å²) in [6.07, 6.45) is 5.93. The normalized spacial score (nSPS) is 21.2. The predicted octanol–water partition coefficient (Wildman–Crippen LogP) is 3.39. The third-order valence-corrected chi connectivity index (χ3v) is 3.31. The van der Waals surface area contributed by atoms with Gasteiger partial charge in [-0.1, -0.05) is 19.3 Å². The fraction of sp³-hybridized carbons (Fsp3) is 0.900. The minimum atomic E-state index is -0.299. The zero-order valence-electron chi connectivity index (χ0n) is 8.48. The first-order chi connectivity index (χ1) is 6.10. The van der Waals surface area contributed by atoms with E-state index in [9.17, 15) is 4.79 Å². The van der Waals surface area contributed by atoms with Crippen molar-refractivity contribution in [3.05, 3.63) is 0 Å². The molecule has 0 aromatic rings. The Kier molecular flexibility index (Phi) is 3.60. The molecule has 1 rings (SSSR count). The molecular weight excluding hydrogens is 186 g/mol. The summed E-state index contributed by atoms with van der Waals surface area (Å²) in [5.41, 5.74) is 0.0197. The van der Waals surface area contributed by atoms with Crippen molar-refractivity contribution in [2.75, 3.05) is 6.54 Å². The molecule has 0 aromatic carbocycles. The van der Waals surface area contributed by atoms with Crippen LogP contribution in [0.1, 0.15) is 46.0 Å². The van der Waals surface area contributed by atoms with Crippen molar-refractivity contribution in [1.82, 2.24) is 4.90 Å². The number of nitrogens with zero attached hydrogens (tertiary/aromatic N) is 1. The molecule has 1 saturated carbocycles. The van der Waals surface area contributed by atoms with Gasteiger partial charge >= 0.3 is 5.37 Å². The minimum absolute atomic E-state index is 0.0197. The SMILES string of the molecule is CCN(C(=O)Cl)C1(C)CCCCC1. The Morgan fingerprint density at radius 1 is 1.38 bits per heavy atom. The van der Waals surface area contributed by atoms with Gasteiger partial charge < -0.3 is 4.90 Å². The first-order valence-electron chi connectivity index (χ1n) is 5.07. The van der Waals surface area contributed by atoms with Crippen molar-refractivity contribution in [1.29, 1.82) is 0 Å². The first kappa shape index (κ1) is 10.8. The molecule has 0 aliphatic heterocycles. The van der Waals surface area contributed by atoms with Crippen LogP contribution in [0.15, 0.2) is 0 Å². The second-order valence-corrected chi connectivity index (χ2v) is 4.38. The van der Waals surface area contributed by atoms with Crippen LogP contribution in [0.25, 0.3) is 0 Å². The van der Waals surface area contributed by atoms with E-state index in [1.807, 2.05) is 6.92 Å². The molecule has 3 heteroatoms. The van der Waals surface area contributed by atoms with Crippen molar-refractivity contribution in [3.63, 3.8) is 0 Å². The summed E-state index contributed by atoms with van der Waals surface area (Å²) in [5.74, 6) is 0. The van der Waals surface area contributed by atoms with Gasteiger partial charge in [0.1, 0.15) is 0 Å². The molecule has 1 aliphatic rings. The molecule has 0 saturated heterocycles. The van der Waals surface area contributed by atoms with E-state index in [0.29, 0.717) is 0 Å². The maximum absolute atomic E-state index is 11.2. The number of hydrogen-bond acceptors (Lipinski definition) is 1. The number of halogens is 1. The molecule has 1 amide bonds. The van der Waals surface area contributed by atoms with Gasteiger partial charge in [-0.3, -0.25) is 4.79 Å². The van der Waals surface area contributed by atoms with Gasteiger partial charge in [-0.15, -0.1) is 0 Å². The third-order valence-electron chi connectivity index (χ3n) is 3.11. The topological polar surface area (TPSA) is 20.3 Å². The molecule has 1 fully saturated rings. The molecule has 1 aliphatic carbocycles. The van der Waals surface area contributed by atoms with E-state index in [4.69, 9.17) is 11.6 Å². The number of amides is 1. The summed E-state index contributed by atoms with van der Waals surface area (Å²) in [7, 11) is 0. The Morgan fingerprint density at radius 2 is 1.92 bits per heavy atom. The van der Waals surface area contributed by atoms with Gasteiger partial charge in [0.05, 0.1) is 0 Å². The highest BCUT2D eigenvalue weighted by Gasteiger charge is 2.34. The van der Waals surface area contributed by atoms with Crippen LogP contribution in [0, 0.1) is 0 Å². The van der Waals surface area contributed by atoms with Gasteiger partial charge in [-0.25, -0.2) is 0 Å². The van der Waals surface area contributed by atoms with Gasteiger partial charge in [-0.05, 0) is 38.3 Å². The van der Waals surface area contributed by atoms with Gasteiger partial charge in [0, 0.05) is 12.1 Å². The van der Waals surface area contributed by atoms with Gasteiger partial charge in [0.15, 0.2) is 0 Å². The van der Waals surface area contributed by atoms with E-state index in [1.165, 1.54) is 19.3 Å². The molecule has 76 valence electrons. The molecule has 0 atom stereocenters. The van der Waals surface area contributed by atoms with Gasteiger partial charge in [0.25, 0.3) is 0 Å². The van der Waals surface area contributed by atoms with Crippen LogP contribution >= 0.6 is 11.6 Å². The third kappa shape index (κ3) is 2.37. The fourth-order valence-corrected chi connectivity index (χ4v) is 2.63. The van der Waals surface area contributed by atoms with Crippen LogP contribution < -0.4 is 0 Å². The zero-order chi connectivity index (χ0) is 9.90. The minimum Gasteiger partial charge on any atom is -0.324 e. The number of carbonyl (C=O) groups excluding carboxylic acids is 1. The second-order valence-electron chi connectivity index (χ2n) is 4.05. The lowest BCUT2D eigenvalue weighted by atomic mass is 9.82. The van der Waals surface area contributed by atoms with E-state index < -0.39 is 0 Å². The highest BCUT2D eigenvalue weighted by Crippen LogP contribution is 2.33. The zero-order valence-corrected chi connectivity index (χ0v) is 9.23. The molecular formula is C10H18ClNO. The van der Waals surface area contributed by atoms with Crippen molar-refractivity contribution >= 4 is 17.0 Å². The lowest BCUT2D eigenvalue weighted by Gasteiger charge is -2.42. The molecule has 0 radical (unpaired) electrons. The van der Waals surface area contributed by atoms with Crippen LogP contribution in [0.4, 0.5) is 4.79 Å². The summed E-state index contributed by atoms with van der Waals surface area (Å²) < 4.78 is 0. The number of hydrogen-bond donors (Lipinski definition) is 0. The Bertz CT molecular complexity index is 187. The van der Waals surface area contributed by atoms with E-state index >= 15 is 0 Å². The molecule has 0 bridgehead atoms. The van der Waals surface area contributed by atoms with Crippen LogP contribution in [-0.2, 0) is 0 Å². The van der Waals surface area contributed by atoms with Crippen molar-refractivity contribution in [3.8, 4) is 0 Å². The Balaban J connectivity index is 2.68. The number of carbonyl (C=O) groups is 1. The van der Waals surface area contributed by atoms with Gasteiger partial charge in [-0.2, -0.15) is 0 Å². The monoisotopic (exact) mass is 203 g/mol. The van der Waals surface area contributed by atoms with E-state index in [0.717, 1.165) is 19.4 Å². The smallest absolute Gasteiger partial charge is 0.316 e. The molecule has 0 spiro atoms. The standard InChI is InChI=1S/C10H18ClNO/c1-3-12(9(11)13)10(2)7-5-4-6-8-10/h3-8H2,1-2H3. The Labute approximate surface area is 85.2 Å². The first-order valence-corrected chi connectivity index (χ1v) is 5.45. The largest absolute Gasteiger partial charge is 0.324 e. The molecule has 0 N–H and O–H groups in total. The number of rotatable bonds is 2.